The quantitative estimate of drug-likeness (QED) is 0.247. The standard InChI is InChI=1S/C21H11Br2F3O3S/c22-13-3-5-15-11(9-13)1-7-17(29-21(24,25)26)19(15)20-16-6-4-14(23)10-12(16)2-8-18(20)30(27)28/h1-10H,(H,27,28)/p-1. The molecule has 0 radical (unpaired) electrons. The molecule has 0 spiro atoms. The first kappa shape index (κ1) is 21.3. The summed E-state index contributed by atoms with van der Waals surface area (Å²) in [6, 6.07) is 15.9. The van der Waals surface area contributed by atoms with Crippen molar-refractivity contribution in [1.82, 2.24) is 0 Å². The smallest absolute Gasteiger partial charge is 0.573 e. The second kappa shape index (κ2) is 7.96. The molecule has 4 aromatic carbocycles. The molecule has 0 N–H and O–H groups in total. The van der Waals surface area contributed by atoms with E-state index in [0.717, 1.165) is 8.95 Å². The molecule has 0 bridgehead atoms. The molecule has 4 aromatic rings. The minimum Gasteiger partial charge on any atom is -0.768 e. The Morgan fingerprint density at radius 3 is 1.87 bits per heavy atom. The first-order valence-electron chi connectivity index (χ1n) is 8.44. The first-order chi connectivity index (χ1) is 14.1. The lowest BCUT2D eigenvalue weighted by atomic mass is 9.93. The number of hydrogen-bond donors (Lipinski definition) is 0. The van der Waals surface area contributed by atoms with Crippen molar-refractivity contribution in [1.29, 1.82) is 0 Å². The van der Waals surface area contributed by atoms with Gasteiger partial charge in [-0.3, -0.25) is 4.21 Å². The lowest BCUT2D eigenvalue weighted by Gasteiger charge is -2.21. The summed E-state index contributed by atoms with van der Waals surface area (Å²) in [4.78, 5) is -0.118. The van der Waals surface area contributed by atoms with E-state index in [1.165, 1.54) is 18.2 Å². The highest BCUT2D eigenvalue weighted by molar-refractivity contribution is 9.10. The monoisotopic (exact) mass is 557 g/mol. The van der Waals surface area contributed by atoms with E-state index >= 15 is 0 Å². The molecule has 4 rings (SSSR count). The van der Waals surface area contributed by atoms with E-state index in [9.17, 15) is 21.9 Å². The van der Waals surface area contributed by atoms with Gasteiger partial charge in [0.25, 0.3) is 0 Å². The van der Waals surface area contributed by atoms with Crippen LogP contribution in [0, 0.1) is 0 Å². The van der Waals surface area contributed by atoms with Gasteiger partial charge in [0.05, 0.1) is 0 Å². The predicted octanol–water partition coefficient (Wildman–Crippen LogP) is 7.32. The number of benzene rings is 4. The third kappa shape index (κ3) is 4.12. The fourth-order valence-electron chi connectivity index (χ4n) is 3.43. The Bertz CT molecular complexity index is 1320. The molecule has 0 aliphatic carbocycles. The fourth-order valence-corrected chi connectivity index (χ4v) is 4.74. The molecule has 0 amide bonds. The van der Waals surface area contributed by atoms with Gasteiger partial charge in [-0.05, 0) is 69.0 Å². The zero-order chi connectivity index (χ0) is 21.6. The van der Waals surface area contributed by atoms with Crippen molar-refractivity contribution >= 4 is 64.5 Å². The van der Waals surface area contributed by atoms with Gasteiger partial charge in [0, 0.05) is 25.0 Å². The lowest BCUT2D eigenvalue weighted by molar-refractivity contribution is -0.274. The first-order valence-corrected chi connectivity index (χ1v) is 11.1. The Morgan fingerprint density at radius 2 is 1.33 bits per heavy atom. The van der Waals surface area contributed by atoms with E-state index in [-0.39, 0.29) is 16.0 Å². The predicted molar refractivity (Wildman–Crippen MR) is 116 cm³/mol. The second-order valence-electron chi connectivity index (χ2n) is 6.39. The van der Waals surface area contributed by atoms with Gasteiger partial charge in [-0.1, -0.05) is 56.1 Å². The molecular weight excluding hydrogens is 549 g/mol. The SMILES string of the molecule is O=S([O-])c1ccc2cc(Br)ccc2c1-c1c(OC(F)(F)F)ccc2cc(Br)ccc12. The maximum absolute atomic E-state index is 13.2. The zero-order valence-corrected chi connectivity index (χ0v) is 18.8. The zero-order valence-electron chi connectivity index (χ0n) is 14.8. The van der Waals surface area contributed by atoms with E-state index < -0.39 is 23.2 Å². The van der Waals surface area contributed by atoms with Crippen LogP contribution in [0.25, 0.3) is 32.7 Å². The Morgan fingerprint density at radius 1 is 0.800 bits per heavy atom. The summed E-state index contributed by atoms with van der Waals surface area (Å²) in [5.74, 6) is -0.473. The maximum atomic E-state index is 13.2. The van der Waals surface area contributed by atoms with Crippen molar-refractivity contribution in [3.8, 4) is 16.9 Å². The van der Waals surface area contributed by atoms with Crippen LogP contribution in [-0.4, -0.2) is 15.1 Å². The number of rotatable bonds is 3. The molecule has 0 saturated heterocycles. The molecule has 1 unspecified atom stereocenters. The average Bonchev–Trinajstić information content (AvgIpc) is 2.65. The number of alkyl halides is 3. The second-order valence-corrected chi connectivity index (χ2v) is 9.13. The van der Waals surface area contributed by atoms with Crippen LogP contribution >= 0.6 is 31.9 Å². The third-order valence-corrected chi connectivity index (χ3v) is 6.23. The van der Waals surface area contributed by atoms with E-state index in [1.54, 1.807) is 42.5 Å². The summed E-state index contributed by atoms with van der Waals surface area (Å²) >= 11 is 4.02. The number of hydrogen-bond acceptors (Lipinski definition) is 3. The van der Waals surface area contributed by atoms with Gasteiger partial charge in [0.15, 0.2) is 0 Å². The van der Waals surface area contributed by atoms with Crippen molar-refractivity contribution in [3.63, 3.8) is 0 Å². The highest BCUT2D eigenvalue weighted by Gasteiger charge is 2.33. The summed E-state index contributed by atoms with van der Waals surface area (Å²) in [7, 11) is 0. The van der Waals surface area contributed by atoms with Gasteiger partial charge >= 0.3 is 6.36 Å². The van der Waals surface area contributed by atoms with Crippen LogP contribution in [0.5, 0.6) is 5.75 Å². The summed E-state index contributed by atoms with van der Waals surface area (Å²) in [6.07, 6.45) is -4.94. The van der Waals surface area contributed by atoms with E-state index in [4.69, 9.17) is 0 Å². The molecule has 0 saturated carbocycles. The summed E-state index contributed by atoms with van der Waals surface area (Å²) in [6.45, 7) is 0. The normalized spacial score (nSPS) is 13.0. The molecular formula is C21H10Br2F3O3S-. The highest BCUT2D eigenvalue weighted by Crippen LogP contribution is 2.45. The van der Waals surface area contributed by atoms with E-state index in [2.05, 4.69) is 36.6 Å². The molecule has 9 heteroatoms. The molecule has 0 fully saturated rings. The molecule has 0 aromatic heterocycles. The number of halogens is 5. The van der Waals surface area contributed by atoms with Crippen molar-refractivity contribution < 1.29 is 26.7 Å². The van der Waals surface area contributed by atoms with Crippen molar-refractivity contribution in [2.45, 2.75) is 11.3 Å². The fraction of sp³-hybridized carbons (Fsp3) is 0.0476. The van der Waals surface area contributed by atoms with Crippen LogP contribution in [0.2, 0.25) is 0 Å². The van der Waals surface area contributed by atoms with Crippen LogP contribution in [0.15, 0.2) is 74.5 Å². The van der Waals surface area contributed by atoms with Gasteiger partial charge < -0.3 is 9.29 Å². The van der Waals surface area contributed by atoms with Crippen LogP contribution in [0.4, 0.5) is 13.2 Å². The van der Waals surface area contributed by atoms with Crippen molar-refractivity contribution in [2.24, 2.45) is 0 Å². The molecule has 0 aliphatic heterocycles. The summed E-state index contributed by atoms with van der Waals surface area (Å²) in [5.41, 5.74) is 0.213. The van der Waals surface area contributed by atoms with Gasteiger partial charge in [0.1, 0.15) is 5.75 Å². The molecule has 154 valence electrons. The Hall–Kier alpha value is -1.94. The Balaban J connectivity index is 2.19. The lowest BCUT2D eigenvalue weighted by Crippen LogP contribution is -2.17. The van der Waals surface area contributed by atoms with Crippen LogP contribution in [-0.2, 0) is 11.1 Å². The van der Waals surface area contributed by atoms with Gasteiger partial charge in [-0.15, -0.1) is 13.2 Å². The molecule has 1 atom stereocenters. The molecule has 0 aliphatic rings. The summed E-state index contributed by atoms with van der Waals surface area (Å²) < 4.78 is 69.3. The van der Waals surface area contributed by atoms with Gasteiger partial charge in [0.2, 0.25) is 0 Å². The van der Waals surface area contributed by atoms with Gasteiger partial charge in [-0.2, -0.15) is 0 Å². The average molecular weight is 559 g/mol. The van der Waals surface area contributed by atoms with Gasteiger partial charge in [-0.25, -0.2) is 0 Å². The Labute approximate surface area is 188 Å². The highest BCUT2D eigenvalue weighted by atomic mass is 79.9. The largest absolute Gasteiger partial charge is 0.768 e. The maximum Gasteiger partial charge on any atom is 0.573 e. The minimum atomic E-state index is -4.94. The third-order valence-electron chi connectivity index (χ3n) is 4.54. The summed E-state index contributed by atoms with van der Waals surface area (Å²) in [5, 5.41) is 2.22. The van der Waals surface area contributed by atoms with Crippen molar-refractivity contribution in [3.05, 3.63) is 69.6 Å². The van der Waals surface area contributed by atoms with Crippen LogP contribution in [0.1, 0.15) is 0 Å². The number of ether oxygens (including phenoxy) is 1. The molecule has 30 heavy (non-hydrogen) atoms. The molecule has 3 nitrogen and oxygen atoms in total. The molecule has 0 heterocycles. The van der Waals surface area contributed by atoms with E-state index in [0.29, 0.717) is 21.5 Å². The van der Waals surface area contributed by atoms with Crippen LogP contribution < -0.4 is 4.74 Å². The van der Waals surface area contributed by atoms with E-state index in [1.807, 2.05) is 0 Å². The minimum absolute atomic E-state index is 0.0597. The number of fused-ring (bicyclic) bond motifs is 2. The topological polar surface area (TPSA) is 49.4 Å². The van der Waals surface area contributed by atoms with Crippen LogP contribution in [0.3, 0.4) is 0 Å². The van der Waals surface area contributed by atoms with Crippen molar-refractivity contribution in [2.75, 3.05) is 0 Å². The Kier molecular flexibility index (Phi) is 5.65.